The van der Waals surface area contributed by atoms with Gasteiger partial charge in [0.15, 0.2) is 5.58 Å². The fraction of sp³-hybridized carbons (Fsp3) is 0.100. The SMILES string of the molecule is C#CCc1c(I)ccc2oc(=O)[nH]c12. The Hall–Kier alpha value is -1.22. The molecule has 1 aromatic carbocycles. The van der Waals surface area contributed by atoms with Gasteiger partial charge in [0, 0.05) is 15.6 Å². The van der Waals surface area contributed by atoms with E-state index in [4.69, 9.17) is 10.8 Å². The number of rotatable bonds is 1. The van der Waals surface area contributed by atoms with Crippen molar-refractivity contribution in [1.82, 2.24) is 4.98 Å². The highest BCUT2D eigenvalue weighted by atomic mass is 127. The predicted octanol–water partition coefficient (Wildman–Crippen LogP) is 1.90. The average Bonchev–Trinajstić information content (AvgIpc) is 2.51. The van der Waals surface area contributed by atoms with E-state index in [2.05, 4.69) is 33.5 Å². The number of hydrogen-bond donors (Lipinski definition) is 1. The number of fused-ring (bicyclic) bond motifs is 1. The topological polar surface area (TPSA) is 46.0 Å². The molecule has 14 heavy (non-hydrogen) atoms. The molecule has 0 saturated carbocycles. The van der Waals surface area contributed by atoms with Crippen molar-refractivity contribution in [2.24, 2.45) is 0 Å². The van der Waals surface area contributed by atoms with E-state index in [0.717, 1.165) is 9.13 Å². The van der Waals surface area contributed by atoms with Crippen molar-refractivity contribution < 1.29 is 4.42 Å². The lowest BCUT2D eigenvalue weighted by atomic mass is 10.1. The van der Waals surface area contributed by atoms with Crippen molar-refractivity contribution in [1.29, 1.82) is 0 Å². The normalized spacial score (nSPS) is 10.3. The molecule has 0 aliphatic carbocycles. The number of H-pyrrole nitrogens is 1. The monoisotopic (exact) mass is 299 g/mol. The van der Waals surface area contributed by atoms with Gasteiger partial charge in [-0.3, -0.25) is 4.98 Å². The molecule has 0 radical (unpaired) electrons. The maximum atomic E-state index is 11.0. The van der Waals surface area contributed by atoms with Crippen LogP contribution >= 0.6 is 22.6 Å². The second kappa shape index (κ2) is 3.50. The molecule has 0 saturated heterocycles. The molecule has 0 amide bonds. The van der Waals surface area contributed by atoms with E-state index < -0.39 is 5.76 Å². The standard InChI is InChI=1S/C10H6INO2/c1-2-3-6-7(11)4-5-8-9(6)12-10(13)14-8/h1,4-5H,3H2,(H,12,13). The van der Waals surface area contributed by atoms with Gasteiger partial charge in [0.1, 0.15) is 0 Å². The zero-order chi connectivity index (χ0) is 10.1. The van der Waals surface area contributed by atoms with Gasteiger partial charge < -0.3 is 4.42 Å². The van der Waals surface area contributed by atoms with Crippen LogP contribution in [0.2, 0.25) is 0 Å². The quantitative estimate of drug-likeness (QED) is 0.646. The van der Waals surface area contributed by atoms with Gasteiger partial charge in [0.25, 0.3) is 0 Å². The summed E-state index contributed by atoms with van der Waals surface area (Å²) in [5.74, 6) is 2.11. The molecule has 0 fully saturated rings. The van der Waals surface area contributed by atoms with Crippen LogP contribution in [0.5, 0.6) is 0 Å². The molecule has 70 valence electrons. The zero-order valence-electron chi connectivity index (χ0n) is 7.13. The minimum Gasteiger partial charge on any atom is -0.408 e. The lowest BCUT2D eigenvalue weighted by Gasteiger charge is -1.99. The molecular formula is C10H6INO2. The number of nitrogens with one attached hydrogen (secondary N) is 1. The van der Waals surface area contributed by atoms with Crippen LogP contribution in [-0.2, 0) is 6.42 Å². The van der Waals surface area contributed by atoms with Gasteiger partial charge in [-0.1, -0.05) is 0 Å². The van der Waals surface area contributed by atoms with Gasteiger partial charge in [-0.2, -0.15) is 0 Å². The third-order valence-corrected chi connectivity index (χ3v) is 2.94. The largest absolute Gasteiger partial charge is 0.417 e. The van der Waals surface area contributed by atoms with E-state index in [1.165, 1.54) is 0 Å². The van der Waals surface area contributed by atoms with E-state index in [9.17, 15) is 4.79 Å². The summed E-state index contributed by atoms with van der Waals surface area (Å²) in [6.07, 6.45) is 5.74. The van der Waals surface area contributed by atoms with Crippen molar-refractivity contribution in [2.75, 3.05) is 0 Å². The molecule has 2 aromatic rings. The minimum atomic E-state index is -0.444. The van der Waals surface area contributed by atoms with E-state index >= 15 is 0 Å². The molecule has 1 heterocycles. The van der Waals surface area contributed by atoms with E-state index in [1.807, 2.05) is 6.07 Å². The van der Waals surface area contributed by atoms with Gasteiger partial charge in [0.2, 0.25) is 0 Å². The van der Waals surface area contributed by atoms with Crippen molar-refractivity contribution in [3.63, 3.8) is 0 Å². The molecule has 4 heteroatoms. The number of terminal acetylenes is 1. The first-order valence-electron chi connectivity index (χ1n) is 3.96. The third kappa shape index (κ3) is 1.44. The zero-order valence-corrected chi connectivity index (χ0v) is 9.29. The number of aromatic nitrogens is 1. The van der Waals surface area contributed by atoms with Crippen LogP contribution in [0, 0.1) is 15.9 Å². The molecule has 0 unspecified atom stereocenters. The van der Waals surface area contributed by atoms with Gasteiger partial charge >= 0.3 is 5.76 Å². The van der Waals surface area contributed by atoms with E-state index in [1.54, 1.807) is 6.07 Å². The van der Waals surface area contributed by atoms with Gasteiger partial charge in [-0.05, 0) is 34.7 Å². The highest BCUT2D eigenvalue weighted by Gasteiger charge is 2.08. The first-order valence-corrected chi connectivity index (χ1v) is 5.04. The fourth-order valence-corrected chi connectivity index (χ4v) is 1.97. The summed E-state index contributed by atoms with van der Waals surface area (Å²) >= 11 is 2.18. The fourth-order valence-electron chi connectivity index (χ4n) is 1.33. The smallest absolute Gasteiger partial charge is 0.408 e. The summed E-state index contributed by atoms with van der Waals surface area (Å²) in [5, 5.41) is 0. The molecule has 1 N–H and O–H groups in total. The second-order valence-electron chi connectivity index (χ2n) is 2.79. The molecule has 0 spiro atoms. The molecule has 0 bridgehead atoms. The Morgan fingerprint density at radius 1 is 1.57 bits per heavy atom. The van der Waals surface area contributed by atoms with E-state index in [0.29, 0.717) is 17.5 Å². The highest BCUT2D eigenvalue weighted by molar-refractivity contribution is 14.1. The lowest BCUT2D eigenvalue weighted by molar-refractivity contribution is 0.555. The predicted molar refractivity (Wildman–Crippen MR) is 62.1 cm³/mol. The number of hydrogen-bond acceptors (Lipinski definition) is 2. The van der Waals surface area contributed by atoms with Crippen LogP contribution in [0.4, 0.5) is 0 Å². The molecule has 0 atom stereocenters. The van der Waals surface area contributed by atoms with Gasteiger partial charge in [-0.15, -0.1) is 12.3 Å². The third-order valence-electron chi connectivity index (χ3n) is 1.93. The number of benzene rings is 1. The average molecular weight is 299 g/mol. The molecule has 3 nitrogen and oxygen atoms in total. The number of halogens is 1. The summed E-state index contributed by atoms with van der Waals surface area (Å²) in [6, 6.07) is 3.64. The maximum absolute atomic E-state index is 11.0. The lowest BCUT2D eigenvalue weighted by Crippen LogP contribution is -1.95. The molecular weight excluding hydrogens is 293 g/mol. The Kier molecular flexibility index (Phi) is 2.33. The highest BCUT2D eigenvalue weighted by Crippen LogP contribution is 2.21. The molecule has 2 rings (SSSR count). The van der Waals surface area contributed by atoms with Crippen LogP contribution in [0.25, 0.3) is 11.1 Å². The Labute approximate surface area is 93.6 Å². The van der Waals surface area contributed by atoms with E-state index in [-0.39, 0.29) is 0 Å². The molecule has 0 aliphatic rings. The Balaban J connectivity index is 2.83. The van der Waals surface area contributed by atoms with Crippen LogP contribution in [0.1, 0.15) is 5.56 Å². The molecule has 0 aliphatic heterocycles. The summed E-state index contributed by atoms with van der Waals surface area (Å²) in [4.78, 5) is 13.6. The van der Waals surface area contributed by atoms with Gasteiger partial charge in [0.05, 0.1) is 5.52 Å². The number of aromatic amines is 1. The Morgan fingerprint density at radius 3 is 3.07 bits per heavy atom. The number of oxazole rings is 1. The van der Waals surface area contributed by atoms with Crippen LogP contribution in [0.3, 0.4) is 0 Å². The maximum Gasteiger partial charge on any atom is 0.417 e. The van der Waals surface area contributed by atoms with Crippen LogP contribution in [-0.4, -0.2) is 4.98 Å². The second-order valence-corrected chi connectivity index (χ2v) is 3.96. The first-order chi connectivity index (χ1) is 6.72. The van der Waals surface area contributed by atoms with Crippen molar-refractivity contribution in [3.8, 4) is 12.3 Å². The van der Waals surface area contributed by atoms with Gasteiger partial charge in [-0.25, -0.2) is 4.79 Å². The van der Waals surface area contributed by atoms with Crippen LogP contribution in [0.15, 0.2) is 21.3 Å². The van der Waals surface area contributed by atoms with Crippen LogP contribution < -0.4 is 5.76 Å². The van der Waals surface area contributed by atoms with Crippen molar-refractivity contribution >= 4 is 33.7 Å². The first kappa shape index (κ1) is 9.34. The minimum absolute atomic E-state index is 0.444. The summed E-state index contributed by atoms with van der Waals surface area (Å²) < 4.78 is 5.96. The van der Waals surface area contributed by atoms with Crippen molar-refractivity contribution in [2.45, 2.75) is 6.42 Å². The summed E-state index contributed by atoms with van der Waals surface area (Å²) in [7, 11) is 0. The Bertz CT molecular complexity index is 574. The Morgan fingerprint density at radius 2 is 2.36 bits per heavy atom. The summed E-state index contributed by atoms with van der Waals surface area (Å²) in [5.41, 5.74) is 2.21. The summed E-state index contributed by atoms with van der Waals surface area (Å²) in [6.45, 7) is 0. The van der Waals surface area contributed by atoms with Crippen molar-refractivity contribution in [3.05, 3.63) is 31.8 Å². The molecule has 1 aromatic heterocycles.